The van der Waals surface area contributed by atoms with Gasteiger partial charge in [-0.3, -0.25) is 4.79 Å². The summed E-state index contributed by atoms with van der Waals surface area (Å²) in [6.45, 7) is 3.65. The van der Waals surface area contributed by atoms with Gasteiger partial charge in [-0.2, -0.15) is 9.78 Å². The molecule has 0 saturated heterocycles. The maximum absolute atomic E-state index is 12.7. The van der Waals surface area contributed by atoms with E-state index in [2.05, 4.69) is 41.9 Å². The molecule has 116 valence electrons. The predicted molar refractivity (Wildman–Crippen MR) is 100 cm³/mol. The van der Waals surface area contributed by atoms with Gasteiger partial charge in [0.05, 0.1) is 16.6 Å². The van der Waals surface area contributed by atoms with E-state index in [1.807, 2.05) is 43.3 Å². The summed E-state index contributed by atoms with van der Waals surface area (Å²) in [4.78, 5) is 17.1. The Morgan fingerprint density at radius 2 is 1.91 bits per heavy atom. The second-order valence-corrected chi connectivity index (χ2v) is 6.87. The van der Waals surface area contributed by atoms with Crippen molar-refractivity contribution in [2.75, 3.05) is 0 Å². The van der Waals surface area contributed by atoms with Crippen LogP contribution in [0.15, 0.2) is 61.3 Å². The van der Waals surface area contributed by atoms with Crippen molar-refractivity contribution in [3.8, 4) is 0 Å². The molecule has 0 saturated carbocycles. The number of rotatable bonds is 2. The smallest absolute Gasteiger partial charge is 0.267 e. The second kappa shape index (κ2) is 6.37. The van der Waals surface area contributed by atoms with Gasteiger partial charge in [-0.05, 0) is 38.1 Å². The van der Waals surface area contributed by atoms with Crippen LogP contribution < -0.4 is 5.56 Å². The van der Waals surface area contributed by atoms with Gasteiger partial charge in [0, 0.05) is 14.5 Å². The van der Waals surface area contributed by atoms with Crippen LogP contribution in [0.3, 0.4) is 0 Å². The highest BCUT2D eigenvalue weighted by Crippen LogP contribution is 2.22. The molecule has 0 aliphatic rings. The lowest BCUT2D eigenvalue weighted by Gasteiger charge is -2.09. The summed E-state index contributed by atoms with van der Waals surface area (Å²) in [5.74, 6) is 0.557. The van der Waals surface area contributed by atoms with E-state index in [0.29, 0.717) is 16.7 Å². The third-order valence-electron chi connectivity index (χ3n) is 3.49. The van der Waals surface area contributed by atoms with Gasteiger partial charge < -0.3 is 0 Å². The average Bonchev–Trinajstić information content (AvgIpc) is 2.51. The Balaban J connectivity index is 2.18. The largest absolute Gasteiger partial charge is 0.282 e. The van der Waals surface area contributed by atoms with Crippen LogP contribution in [0.25, 0.3) is 10.9 Å². The van der Waals surface area contributed by atoms with Crippen molar-refractivity contribution < 1.29 is 0 Å². The van der Waals surface area contributed by atoms with Crippen LogP contribution in [-0.4, -0.2) is 15.4 Å². The van der Waals surface area contributed by atoms with E-state index < -0.39 is 0 Å². The number of benzene rings is 2. The van der Waals surface area contributed by atoms with Gasteiger partial charge >= 0.3 is 0 Å². The highest BCUT2D eigenvalue weighted by Gasteiger charge is 2.09. The molecule has 0 unspecified atom stereocenters. The monoisotopic (exact) mass is 433 g/mol. The standard InChI is InChI=1S/C17H13Br2N3O/c1-10(13-8-7-12(18)9-15(13)19)21-22-11(2)20-16-6-4-3-5-14(16)17(22)23/h3-9H,1-2H3. The third kappa shape index (κ3) is 3.14. The topological polar surface area (TPSA) is 47.2 Å². The highest BCUT2D eigenvalue weighted by molar-refractivity contribution is 9.11. The summed E-state index contributed by atoms with van der Waals surface area (Å²) >= 11 is 6.95. The number of hydrogen-bond donors (Lipinski definition) is 0. The van der Waals surface area contributed by atoms with Gasteiger partial charge in [0.2, 0.25) is 0 Å². The van der Waals surface area contributed by atoms with Crippen LogP contribution in [0.1, 0.15) is 18.3 Å². The Bertz CT molecular complexity index is 993. The number of fused-ring (bicyclic) bond motifs is 1. The zero-order valence-electron chi connectivity index (χ0n) is 12.5. The fraction of sp³-hybridized carbons (Fsp3) is 0.118. The fourth-order valence-electron chi connectivity index (χ4n) is 2.34. The van der Waals surface area contributed by atoms with E-state index >= 15 is 0 Å². The molecular weight excluding hydrogens is 422 g/mol. The molecule has 0 spiro atoms. The van der Waals surface area contributed by atoms with Crippen molar-refractivity contribution in [2.45, 2.75) is 13.8 Å². The summed E-state index contributed by atoms with van der Waals surface area (Å²) in [5, 5.41) is 5.04. The summed E-state index contributed by atoms with van der Waals surface area (Å²) < 4.78 is 3.24. The van der Waals surface area contributed by atoms with Gasteiger partial charge in [-0.1, -0.05) is 50.1 Å². The van der Waals surface area contributed by atoms with E-state index in [1.165, 1.54) is 4.68 Å². The molecule has 4 nitrogen and oxygen atoms in total. The van der Waals surface area contributed by atoms with Crippen LogP contribution >= 0.6 is 31.9 Å². The molecule has 0 aliphatic carbocycles. The van der Waals surface area contributed by atoms with Gasteiger partial charge in [0.15, 0.2) is 0 Å². The molecule has 0 aliphatic heterocycles. The Hall–Kier alpha value is -1.79. The second-order valence-electron chi connectivity index (χ2n) is 5.10. The first-order valence-electron chi connectivity index (χ1n) is 6.97. The first kappa shape index (κ1) is 16.1. The molecule has 2 aromatic carbocycles. The number of aromatic nitrogens is 2. The summed E-state index contributed by atoms with van der Waals surface area (Å²) in [6, 6.07) is 13.1. The molecule has 0 radical (unpaired) electrons. The number of hydrogen-bond acceptors (Lipinski definition) is 3. The molecule has 3 rings (SSSR count). The SMILES string of the molecule is CC(=Nn1c(C)nc2ccccc2c1=O)c1ccc(Br)cc1Br. The summed E-state index contributed by atoms with van der Waals surface area (Å²) in [6.07, 6.45) is 0. The van der Waals surface area contributed by atoms with Gasteiger partial charge in [-0.25, -0.2) is 4.98 Å². The van der Waals surface area contributed by atoms with E-state index in [0.717, 1.165) is 20.2 Å². The number of aryl methyl sites for hydroxylation is 1. The quantitative estimate of drug-likeness (QED) is 0.557. The number of halogens is 2. The Labute approximate surface area is 150 Å². The molecule has 0 fully saturated rings. The van der Waals surface area contributed by atoms with Crippen molar-refractivity contribution in [3.05, 3.63) is 73.2 Å². The average molecular weight is 435 g/mol. The lowest BCUT2D eigenvalue weighted by Crippen LogP contribution is -2.21. The summed E-state index contributed by atoms with van der Waals surface area (Å²) in [7, 11) is 0. The zero-order chi connectivity index (χ0) is 16.6. The lowest BCUT2D eigenvalue weighted by molar-refractivity contribution is 0.766. The van der Waals surface area contributed by atoms with E-state index in [4.69, 9.17) is 0 Å². The van der Waals surface area contributed by atoms with Crippen molar-refractivity contribution in [2.24, 2.45) is 5.10 Å². The zero-order valence-corrected chi connectivity index (χ0v) is 15.7. The predicted octanol–water partition coefficient (Wildman–Crippen LogP) is 4.50. The third-order valence-corrected chi connectivity index (χ3v) is 4.64. The van der Waals surface area contributed by atoms with Gasteiger partial charge in [0.25, 0.3) is 5.56 Å². The highest BCUT2D eigenvalue weighted by atomic mass is 79.9. The number of para-hydroxylation sites is 1. The molecule has 23 heavy (non-hydrogen) atoms. The molecule has 6 heteroatoms. The molecule has 1 aromatic heterocycles. The molecule has 0 amide bonds. The van der Waals surface area contributed by atoms with Crippen LogP contribution in [0, 0.1) is 6.92 Å². The van der Waals surface area contributed by atoms with Gasteiger partial charge in [-0.15, -0.1) is 0 Å². The molecule has 0 N–H and O–H groups in total. The van der Waals surface area contributed by atoms with E-state index in [-0.39, 0.29) is 5.56 Å². The Morgan fingerprint density at radius 1 is 1.17 bits per heavy atom. The van der Waals surface area contributed by atoms with E-state index in [1.54, 1.807) is 13.0 Å². The van der Waals surface area contributed by atoms with Crippen molar-refractivity contribution in [1.82, 2.24) is 9.66 Å². The minimum Gasteiger partial charge on any atom is -0.267 e. The maximum Gasteiger partial charge on any atom is 0.282 e. The number of nitrogens with zero attached hydrogens (tertiary/aromatic N) is 3. The molecule has 0 atom stereocenters. The fourth-order valence-corrected chi connectivity index (χ4v) is 3.67. The first-order valence-corrected chi connectivity index (χ1v) is 8.55. The lowest BCUT2D eigenvalue weighted by atomic mass is 10.1. The summed E-state index contributed by atoms with van der Waals surface area (Å²) in [5.41, 5.74) is 2.17. The van der Waals surface area contributed by atoms with Crippen molar-refractivity contribution in [3.63, 3.8) is 0 Å². The van der Waals surface area contributed by atoms with Gasteiger partial charge in [0.1, 0.15) is 5.82 Å². The van der Waals surface area contributed by atoms with Crippen LogP contribution in [-0.2, 0) is 0 Å². The minimum absolute atomic E-state index is 0.166. The molecular formula is C17H13Br2N3O. The van der Waals surface area contributed by atoms with Crippen molar-refractivity contribution >= 4 is 48.5 Å². The Kier molecular flexibility index (Phi) is 4.46. The van der Waals surface area contributed by atoms with Crippen molar-refractivity contribution in [1.29, 1.82) is 0 Å². The van der Waals surface area contributed by atoms with Crippen LogP contribution in [0.4, 0.5) is 0 Å². The van der Waals surface area contributed by atoms with Crippen LogP contribution in [0.2, 0.25) is 0 Å². The first-order chi connectivity index (χ1) is 11.0. The minimum atomic E-state index is -0.166. The molecule has 3 aromatic rings. The Morgan fingerprint density at radius 3 is 2.65 bits per heavy atom. The molecule has 0 bridgehead atoms. The molecule has 1 heterocycles. The van der Waals surface area contributed by atoms with E-state index in [9.17, 15) is 4.79 Å². The van der Waals surface area contributed by atoms with Crippen LogP contribution in [0.5, 0.6) is 0 Å². The normalized spacial score (nSPS) is 11.9. The maximum atomic E-state index is 12.7.